The van der Waals surface area contributed by atoms with Gasteiger partial charge in [-0.05, 0) is 56.5 Å². The number of rotatable bonds is 8. The number of nitrogens with zero attached hydrogens (tertiary/aromatic N) is 1. The highest BCUT2D eigenvalue weighted by Gasteiger charge is 2.35. The Balaban J connectivity index is 1.45. The zero-order valence-electron chi connectivity index (χ0n) is 16.6. The van der Waals surface area contributed by atoms with Crippen LogP contribution in [0.1, 0.15) is 50.5 Å². The topological polar surface area (TPSA) is 78.9 Å². The van der Waals surface area contributed by atoms with Gasteiger partial charge in [-0.1, -0.05) is 31.4 Å². The molecule has 3 rings (SSSR count). The van der Waals surface area contributed by atoms with Crippen molar-refractivity contribution in [3.05, 3.63) is 29.8 Å². The van der Waals surface area contributed by atoms with Crippen LogP contribution in [0.2, 0.25) is 0 Å². The van der Waals surface area contributed by atoms with Crippen LogP contribution in [0.25, 0.3) is 0 Å². The van der Waals surface area contributed by atoms with Crippen molar-refractivity contribution >= 4 is 11.9 Å². The van der Waals surface area contributed by atoms with E-state index in [1.165, 1.54) is 19.3 Å². The van der Waals surface area contributed by atoms with E-state index in [1.54, 1.807) is 0 Å². The number of carbonyl (C=O) groups excluding carboxylic acids is 1. The van der Waals surface area contributed by atoms with Gasteiger partial charge >= 0.3 is 5.97 Å². The molecule has 0 spiro atoms. The lowest BCUT2D eigenvalue weighted by Gasteiger charge is -2.27. The minimum Gasteiger partial charge on any atom is -0.492 e. The second kappa shape index (κ2) is 10.5. The van der Waals surface area contributed by atoms with Gasteiger partial charge in [-0.2, -0.15) is 0 Å². The molecule has 1 aromatic carbocycles. The van der Waals surface area contributed by atoms with Crippen molar-refractivity contribution in [2.45, 2.75) is 51.5 Å². The second-order valence-corrected chi connectivity index (χ2v) is 7.95. The molecule has 2 unspecified atom stereocenters. The SMILES string of the molecule is O=C(O)C1CCCCC1C(=O)NCc1cccc(OCCN2CCCCC2)c1. The molecular weight excluding hydrogens is 356 g/mol. The summed E-state index contributed by atoms with van der Waals surface area (Å²) < 4.78 is 5.89. The first-order valence-electron chi connectivity index (χ1n) is 10.6. The van der Waals surface area contributed by atoms with Crippen LogP contribution in [0.3, 0.4) is 0 Å². The first kappa shape index (κ1) is 20.6. The summed E-state index contributed by atoms with van der Waals surface area (Å²) in [5.41, 5.74) is 0.964. The number of likely N-dealkylation sites (tertiary alicyclic amines) is 1. The average Bonchev–Trinajstić information content (AvgIpc) is 2.73. The molecule has 6 heteroatoms. The number of carbonyl (C=O) groups is 2. The molecule has 0 bridgehead atoms. The number of carboxylic acids is 1. The van der Waals surface area contributed by atoms with Crippen LogP contribution in [0, 0.1) is 11.8 Å². The molecule has 1 amide bonds. The number of piperidine rings is 1. The lowest BCUT2D eigenvalue weighted by Crippen LogP contribution is -2.39. The monoisotopic (exact) mass is 388 g/mol. The summed E-state index contributed by atoms with van der Waals surface area (Å²) in [4.78, 5) is 26.4. The molecule has 1 aromatic rings. The number of amides is 1. The summed E-state index contributed by atoms with van der Waals surface area (Å²) in [7, 11) is 0. The van der Waals surface area contributed by atoms with E-state index in [1.807, 2.05) is 24.3 Å². The summed E-state index contributed by atoms with van der Waals surface area (Å²) in [6.45, 7) is 4.32. The molecule has 2 N–H and O–H groups in total. The number of carboxylic acid groups (broad SMARTS) is 1. The van der Waals surface area contributed by atoms with Crippen molar-refractivity contribution in [1.82, 2.24) is 10.2 Å². The predicted octanol–water partition coefficient (Wildman–Crippen LogP) is 3.06. The van der Waals surface area contributed by atoms with Crippen molar-refractivity contribution in [1.29, 1.82) is 0 Å². The molecule has 28 heavy (non-hydrogen) atoms. The van der Waals surface area contributed by atoms with Gasteiger partial charge in [0.2, 0.25) is 5.91 Å². The lowest BCUT2D eigenvalue weighted by molar-refractivity contribution is -0.148. The van der Waals surface area contributed by atoms with E-state index in [-0.39, 0.29) is 5.91 Å². The molecule has 6 nitrogen and oxygen atoms in total. The first-order chi connectivity index (χ1) is 13.6. The van der Waals surface area contributed by atoms with E-state index in [4.69, 9.17) is 4.74 Å². The van der Waals surface area contributed by atoms with Crippen molar-refractivity contribution in [2.75, 3.05) is 26.2 Å². The molecule has 0 radical (unpaired) electrons. The Kier molecular flexibility index (Phi) is 7.71. The van der Waals surface area contributed by atoms with Gasteiger partial charge in [-0.25, -0.2) is 0 Å². The second-order valence-electron chi connectivity index (χ2n) is 7.95. The lowest BCUT2D eigenvalue weighted by atomic mass is 9.78. The smallest absolute Gasteiger partial charge is 0.307 e. The molecule has 1 saturated heterocycles. The fraction of sp³-hybridized carbons (Fsp3) is 0.636. The fourth-order valence-corrected chi connectivity index (χ4v) is 4.28. The highest BCUT2D eigenvalue weighted by molar-refractivity contribution is 5.84. The van der Waals surface area contributed by atoms with Crippen LogP contribution in [-0.2, 0) is 16.1 Å². The van der Waals surface area contributed by atoms with E-state index in [0.29, 0.717) is 26.0 Å². The van der Waals surface area contributed by atoms with Gasteiger partial charge in [0.25, 0.3) is 0 Å². The normalized spacial score (nSPS) is 23.1. The number of hydrogen-bond acceptors (Lipinski definition) is 4. The van der Waals surface area contributed by atoms with Gasteiger partial charge in [0, 0.05) is 13.1 Å². The number of ether oxygens (including phenoxy) is 1. The molecule has 1 aliphatic heterocycles. The zero-order chi connectivity index (χ0) is 19.8. The Morgan fingerprint density at radius 3 is 2.57 bits per heavy atom. The summed E-state index contributed by atoms with van der Waals surface area (Å²) in [6.07, 6.45) is 6.94. The quantitative estimate of drug-likeness (QED) is 0.716. The first-order valence-corrected chi connectivity index (χ1v) is 10.6. The molecule has 2 fully saturated rings. The third-order valence-corrected chi connectivity index (χ3v) is 5.91. The summed E-state index contributed by atoms with van der Waals surface area (Å²) in [5, 5.41) is 12.3. The van der Waals surface area contributed by atoms with Gasteiger partial charge < -0.3 is 15.2 Å². The van der Waals surface area contributed by atoms with Gasteiger partial charge in [0.15, 0.2) is 0 Å². The van der Waals surface area contributed by atoms with Crippen LogP contribution < -0.4 is 10.1 Å². The van der Waals surface area contributed by atoms with Crippen LogP contribution in [0.4, 0.5) is 0 Å². The number of nitrogens with one attached hydrogen (secondary N) is 1. The Bertz CT molecular complexity index is 658. The van der Waals surface area contributed by atoms with E-state index < -0.39 is 17.8 Å². The van der Waals surface area contributed by atoms with Gasteiger partial charge in [0.1, 0.15) is 12.4 Å². The molecule has 1 heterocycles. The maximum absolute atomic E-state index is 12.5. The van der Waals surface area contributed by atoms with E-state index in [9.17, 15) is 14.7 Å². The summed E-state index contributed by atoms with van der Waals surface area (Å²) in [5.74, 6) is -1.18. The standard InChI is InChI=1S/C22H32N2O4/c25-21(19-9-2-3-10-20(19)22(26)27)23-16-17-7-6-8-18(15-17)28-14-13-24-11-4-1-5-12-24/h6-8,15,19-20H,1-5,9-14,16H2,(H,23,25)(H,26,27). The Labute approximate surface area is 167 Å². The molecule has 1 aliphatic carbocycles. The highest BCUT2D eigenvalue weighted by Crippen LogP contribution is 2.30. The minimum absolute atomic E-state index is 0.150. The minimum atomic E-state index is -0.857. The average molecular weight is 389 g/mol. The number of hydrogen-bond donors (Lipinski definition) is 2. The molecule has 0 aromatic heterocycles. The zero-order valence-corrected chi connectivity index (χ0v) is 16.6. The van der Waals surface area contributed by atoms with Crippen LogP contribution in [-0.4, -0.2) is 48.1 Å². The molecule has 154 valence electrons. The Morgan fingerprint density at radius 2 is 1.82 bits per heavy atom. The third kappa shape index (κ3) is 5.96. The van der Waals surface area contributed by atoms with E-state index >= 15 is 0 Å². The van der Waals surface area contributed by atoms with Crippen molar-refractivity contribution < 1.29 is 19.4 Å². The van der Waals surface area contributed by atoms with Crippen LogP contribution >= 0.6 is 0 Å². The predicted molar refractivity (Wildman–Crippen MR) is 107 cm³/mol. The van der Waals surface area contributed by atoms with Crippen LogP contribution in [0.5, 0.6) is 5.75 Å². The van der Waals surface area contributed by atoms with Crippen molar-refractivity contribution in [2.24, 2.45) is 11.8 Å². The number of benzene rings is 1. The van der Waals surface area contributed by atoms with Gasteiger partial charge in [-0.3, -0.25) is 14.5 Å². The highest BCUT2D eigenvalue weighted by atomic mass is 16.5. The molecule has 2 aliphatic rings. The largest absolute Gasteiger partial charge is 0.492 e. The van der Waals surface area contributed by atoms with Gasteiger partial charge in [-0.15, -0.1) is 0 Å². The van der Waals surface area contributed by atoms with Crippen LogP contribution in [0.15, 0.2) is 24.3 Å². The van der Waals surface area contributed by atoms with Crippen molar-refractivity contribution in [3.8, 4) is 5.75 Å². The summed E-state index contributed by atoms with van der Waals surface area (Å²) in [6, 6.07) is 7.76. The summed E-state index contributed by atoms with van der Waals surface area (Å²) >= 11 is 0. The third-order valence-electron chi connectivity index (χ3n) is 5.91. The number of aliphatic carboxylic acids is 1. The maximum Gasteiger partial charge on any atom is 0.307 e. The molecular formula is C22H32N2O4. The fourth-order valence-electron chi connectivity index (χ4n) is 4.28. The Morgan fingerprint density at radius 1 is 1.07 bits per heavy atom. The Hall–Kier alpha value is -2.08. The maximum atomic E-state index is 12.5. The van der Waals surface area contributed by atoms with Gasteiger partial charge in [0.05, 0.1) is 11.8 Å². The molecule has 1 saturated carbocycles. The van der Waals surface area contributed by atoms with Crippen molar-refractivity contribution in [3.63, 3.8) is 0 Å². The molecule has 2 atom stereocenters. The van der Waals surface area contributed by atoms with E-state index in [0.717, 1.165) is 43.8 Å². The van der Waals surface area contributed by atoms with E-state index in [2.05, 4.69) is 10.2 Å².